The van der Waals surface area contributed by atoms with Gasteiger partial charge in [0.25, 0.3) is 0 Å². The van der Waals surface area contributed by atoms with E-state index in [9.17, 15) is 0 Å². The lowest BCUT2D eigenvalue weighted by Gasteiger charge is -2.19. The Labute approximate surface area is 121 Å². The van der Waals surface area contributed by atoms with Crippen molar-refractivity contribution in [1.82, 2.24) is 0 Å². The van der Waals surface area contributed by atoms with Crippen molar-refractivity contribution in [2.24, 2.45) is 0 Å². The fourth-order valence-corrected chi connectivity index (χ4v) is 2.86. The van der Waals surface area contributed by atoms with Gasteiger partial charge in [0.15, 0.2) is 0 Å². The number of rotatable bonds is 8. The maximum absolute atomic E-state index is 8.62. The van der Waals surface area contributed by atoms with E-state index in [1.54, 1.807) is 0 Å². The molecular formula is C16H23NOS. The average Bonchev–Trinajstić information content (AvgIpc) is 2.44. The van der Waals surface area contributed by atoms with Crippen LogP contribution in [0, 0.1) is 10.7 Å². The summed E-state index contributed by atoms with van der Waals surface area (Å²) >= 11 is 1.35. The fraction of sp³-hybridized carbons (Fsp3) is 0.562. The van der Waals surface area contributed by atoms with Gasteiger partial charge in [-0.05, 0) is 67.1 Å². The third-order valence-electron chi connectivity index (χ3n) is 3.37. The van der Waals surface area contributed by atoms with Gasteiger partial charge < -0.3 is 4.74 Å². The number of ether oxygens (including phenoxy) is 1. The van der Waals surface area contributed by atoms with Gasteiger partial charge in [-0.2, -0.15) is 5.26 Å². The Morgan fingerprint density at radius 1 is 1.32 bits per heavy atom. The largest absolute Gasteiger partial charge is 0.494 e. The second-order valence-electron chi connectivity index (χ2n) is 4.48. The van der Waals surface area contributed by atoms with E-state index in [0.717, 1.165) is 30.8 Å². The van der Waals surface area contributed by atoms with Crippen LogP contribution in [-0.4, -0.2) is 12.4 Å². The summed E-state index contributed by atoms with van der Waals surface area (Å²) in [6.45, 7) is 7.12. The first-order valence-electron chi connectivity index (χ1n) is 7.03. The van der Waals surface area contributed by atoms with E-state index in [4.69, 9.17) is 10.00 Å². The van der Waals surface area contributed by atoms with Gasteiger partial charge in [0.2, 0.25) is 0 Å². The minimum atomic E-state index is 0.548. The summed E-state index contributed by atoms with van der Waals surface area (Å²) in [5.41, 5.74) is 2.80. The lowest BCUT2D eigenvalue weighted by atomic mass is 9.89. The molecule has 2 nitrogen and oxygen atoms in total. The quantitative estimate of drug-likeness (QED) is 0.508. The molecule has 0 bridgehead atoms. The molecule has 104 valence electrons. The zero-order valence-electron chi connectivity index (χ0n) is 12.1. The first kappa shape index (κ1) is 15.9. The average molecular weight is 277 g/mol. The van der Waals surface area contributed by atoms with E-state index in [0.29, 0.717) is 12.5 Å². The molecular weight excluding hydrogens is 254 g/mol. The van der Waals surface area contributed by atoms with Gasteiger partial charge in [-0.3, -0.25) is 0 Å². The number of thiocyanates is 1. The number of hydrogen-bond donors (Lipinski definition) is 0. The first-order valence-corrected chi connectivity index (χ1v) is 8.01. The third kappa shape index (κ3) is 4.80. The summed E-state index contributed by atoms with van der Waals surface area (Å²) in [5.74, 6) is 2.42. The second-order valence-corrected chi connectivity index (χ2v) is 5.36. The van der Waals surface area contributed by atoms with Crippen molar-refractivity contribution in [3.63, 3.8) is 0 Å². The van der Waals surface area contributed by atoms with Crippen LogP contribution in [0.15, 0.2) is 18.2 Å². The van der Waals surface area contributed by atoms with Crippen LogP contribution < -0.4 is 4.74 Å². The maximum Gasteiger partial charge on any atom is 0.133 e. The molecule has 0 heterocycles. The van der Waals surface area contributed by atoms with Crippen LogP contribution in [0.2, 0.25) is 0 Å². The van der Waals surface area contributed by atoms with Crippen molar-refractivity contribution >= 4 is 11.8 Å². The van der Waals surface area contributed by atoms with Gasteiger partial charge in [-0.1, -0.05) is 19.9 Å². The van der Waals surface area contributed by atoms with E-state index in [1.165, 1.54) is 22.9 Å². The van der Waals surface area contributed by atoms with Crippen LogP contribution in [0.25, 0.3) is 0 Å². The van der Waals surface area contributed by atoms with Crippen molar-refractivity contribution in [2.45, 2.75) is 46.0 Å². The topological polar surface area (TPSA) is 33.0 Å². The molecule has 0 fully saturated rings. The highest BCUT2D eigenvalue weighted by Gasteiger charge is 2.13. The Bertz CT molecular complexity index is 425. The van der Waals surface area contributed by atoms with E-state index < -0.39 is 0 Å². The number of nitriles is 1. The van der Waals surface area contributed by atoms with Crippen molar-refractivity contribution in [1.29, 1.82) is 5.26 Å². The summed E-state index contributed by atoms with van der Waals surface area (Å²) in [5, 5.41) is 10.8. The molecule has 0 aliphatic carbocycles. The lowest BCUT2D eigenvalue weighted by molar-refractivity contribution is 0.339. The maximum atomic E-state index is 8.62. The molecule has 19 heavy (non-hydrogen) atoms. The Morgan fingerprint density at radius 2 is 2.11 bits per heavy atom. The number of benzene rings is 1. The highest BCUT2D eigenvalue weighted by atomic mass is 32.2. The number of hydrogen-bond acceptors (Lipinski definition) is 3. The minimum absolute atomic E-state index is 0.548. The normalized spacial score (nSPS) is 11.9. The van der Waals surface area contributed by atoms with Crippen LogP contribution in [0.4, 0.5) is 0 Å². The predicted molar refractivity (Wildman–Crippen MR) is 82.7 cm³/mol. The molecule has 1 rings (SSSR count). The van der Waals surface area contributed by atoms with E-state index in [1.807, 2.05) is 6.92 Å². The molecule has 1 unspecified atom stereocenters. The summed E-state index contributed by atoms with van der Waals surface area (Å²) < 4.78 is 5.57. The van der Waals surface area contributed by atoms with Gasteiger partial charge in [-0.25, -0.2) is 0 Å². The van der Waals surface area contributed by atoms with Gasteiger partial charge in [0.05, 0.1) is 6.61 Å². The van der Waals surface area contributed by atoms with Crippen LogP contribution in [0.5, 0.6) is 5.75 Å². The van der Waals surface area contributed by atoms with Crippen LogP contribution >= 0.6 is 11.8 Å². The predicted octanol–water partition coefficient (Wildman–Crippen LogP) is 4.75. The molecule has 0 saturated heterocycles. The molecule has 1 aromatic rings. The minimum Gasteiger partial charge on any atom is -0.494 e. The van der Waals surface area contributed by atoms with Crippen LogP contribution in [0.1, 0.15) is 50.7 Å². The SMILES string of the molecule is CCOc1ccc(C(CC)CCSC#N)c(CC)c1. The molecule has 0 N–H and O–H groups in total. The zero-order chi connectivity index (χ0) is 14.1. The van der Waals surface area contributed by atoms with Gasteiger partial charge in [0, 0.05) is 5.75 Å². The highest BCUT2D eigenvalue weighted by molar-refractivity contribution is 8.03. The Kier molecular flexibility index (Phi) is 7.43. The Balaban J connectivity index is 2.87. The number of aryl methyl sites for hydroxylation is 1. The molecule has 0 aliphatic heterocycles. The molecule has 0 aliphatic rings. The summed E-state index contributed by atoms with van der Waals surface area (Å²) in [6.07, 6.45) is 3.21. The van der Waals surface area contributed by atoms with Gasteiger partial charge in [0.1, 0.15) is 11.2 Å². The molecule has 0 aromatic heterocycles. The fourth-order valence-electron chi connectivity index (χ4n) is 2.37. The molecule has 0 saturated carbocycles. The van der Waals surface area contributed by atoms with E-state index in [-0.39, 0.29) is 0 Å². The van der Waals surface area contributed by atoms with E-state index >= 15 is 0 Å². The summed E-state index contributed by atoms with van der Waals surface area (Å²) in [6, 6.07) is 6.44. The zero-order valence-corrected chi connectivity index (χ0v) is 12.9. The van der Waals surface area contributed by atoms with Gasteiger partial charge in [-0.15, -0.1) is 0 Å². The molecule has 0 radical (unpaired) electrons. The standard InChI is InChI=1S/C16H23NOS/c1-4-13(9-10-19-12-17)16-8-7-15(18-6-3)11-14(16)5-2/h7-8,11,13H,4-6,9-10H2,1-3H3. The molecule has 1 atom stereocenters. The Morgan fingerprint density at radius 3 is 2.68 bits per heavy atom. The smallest absolute Gasteiger partial charge is 0.133 e. The molecule has 0 amide bonds. The molecule has 0 spiro atoms. The van der Waals surface area contributed by atoms with E-state index in [2.05, 4.69) is 37.4 Å². The Hall–Kier alpha value is -1.14. The summed E-state index contributed by atoms with van der Waals surface area (Å²) in [4.78, 5) is 0. The number of thioether (sulfide) groups is 1. The van der Waals surface area contributed by atoms with Crippen LogP contribution in [-0.2, 0) is 6.42 Å². The van der Waals surface area contributed by atoms with Crippen molar-refractivity contribution in [3.05, 3.63) is 29.3 Å². The van der Waals surface area contributed by atoms with Crippen molar-refractivity contribution in [3.8, 4) is 11.2 Å². The summed E-state index contributed by atoms with van der Waals surface area (Å²) in [7, 11) is 0. The van der Waals surface area contributed by atoms with Crippen LogP contribution in [0.3, 0.4) is 0 Å². The monoisotopic (exact) mass is 277 g/mol. The van der Waals surface area contributed by atoms with Gasteiger partial charge >= 0.3 is 0 Å². The number of nitrogens with zero attached hydrogens (tertiary/aromatic N) is 1. The van der Waals surface area contributed by atoms with Crippen molar-refractivity contribution in [2.75, 3.05) is 12.4 Å². The lowest BCUT2D eigenvalue weighted by Crippen LogP contribution is -2.04. The molecule has 3 heteroatoms. The highest BCUT2D eigenvalue weighted by Crippen LogP contribution is 2.30. The first-order chi connectivity index (χ1) is 9.26. The second kappa shape index (κ2) is 8.87. The van der Waals surface area contributed by atoms with Crippen molar-refractivity contribution < 1.29 is 4.74 Å². The third-order valence-corrected chi connectivity index (χ3v) is 3.94. The molecule has 1 aromatic carbocycles.